The van der Waals surface area contributed by atoms with Crippen molar-refractivity contribution in [1.82, 2.24) is 5.43 Å². The van der Waals surface area contributed by atoms with Crippen LogP contribution in [-0.4, -0.2) is 23.1 Å². The van der Waals surface area contributed by atoms with Crippen molar-refractivity contribution in [2.75, 3.05) is 5.32 Å². The van der Waals surface area contributed by atoms with Crippen molar-refractivity contribution in [2.24, 2.45) is 5.10 Å². The summed E-state index contributed by atoms with van der Waals surface area (Å²) >= 11 is 0. The van der Waals surface area contributed by atoms with Crippen LogP contribution in [0.3, 0.4) is 0 Å². The van der Waals surface area contributed by atoms with E-state index >= 15 is 0 Å². The molecule has 0 heterocycles. The maximum Gasteiger partial charge on any atom is 0.271 e. The zero-order valence-corrected chi connectivity index (χ0v) is 17.4. The summed E-state index contributed by atoms with van der Waals surface area (Å²) in [7, 11) is 0. The fourth-order valence-electron chi connectivity index (χ4n) is 3.29. The van der Waals surface area contributed by atoms with E-state index in [1.807, 2.05) is 49.4 Å². The number of hydrogen-bond donors (Lipinski definition) is 3. The number of hydrazone groups is 1. The van der Waals surface area contributed by atoms with E-state index in [4.69, 9.17) is 0 Å². The average Bonchev–Trinajstić information content (AvgIpc) is 2.81. The molecule has 0 aliphatic rings. The van der Waals surface area contributed by atoms with Crippen molar-refractivity contribution in [2.45, 2.75) is 6.92 Å². The van der Waals surface area contributed by atoms with E-state index in [2.05, 4.69) is 15.8 Å². The third-order valence-corrected chi connectivity index (χ3v) is 5.00. The first kappa shape index (κ1) is 20.8. The highest BCUT2D eigenvalue weighted by Gasteiger charge is 2.10. The molecule has 0 unspecified atom stereocenters. The Morgan fingerprint density at radius 3 is 2.44 bits per heavy atom. The first-order valence-electron chi connectivity index (χ1n) is 10.0. The van der Waals surface area contributed by atoms with Gasteiger partial charge in [0.25, 0.3) is 11.8 Å². The summed E-state index contributed by atoms with van der Waals surface area (Å²) in [5.74, 6) is -0.623. The van der Waals surface area contributed by atoms with Crippen LogP contribution in [0.15, 0.2) is 90.0 Å². The van der Waals surface area contributed by atoms with Crippen molar-refractivity contribution in [3.05, 3.63) is 107 Å². The highest BCUT2D eigenvalue weighted by molar-refractivity contribution is 6.05. The SMILES string of the molecule is Cc1ccc(C(=O)Nc2cccc(C(=O)NN=Cc3c(O)ccc4ccccc34)c2)cc1. The van der Waals surface area contributed by atoms with Crippen LogP contribution < -0.4 is 10.7 Å². The standard InChI is InChI=1S/C26H21N3O3/c1-17-9-11-19(12-10-17)25(31)28-21-7-4-6-20(15-21)26(32)29-27-16-23-22-8-3-2-5-18(22)13-14-24(23)30/h2-16,30H,1H3,(H,28,31)(H,29,32). The van der Waals surface area contributed by atoms with Gasteiger partial charge in [-0.25, -0.2) is 5.43 Å². The van der Waals surface area contributed by atoms with Gasteiger partial charge in [0.15, 0.2) is 0 Å². The zero-order valence-electron chi connectivity index (χ0n) is 17.4. The molecule has 6 heteroatoms. The first-order chi connectivity index (χ1) is 15.5. The number of anilines is 1. The van der Waals surface area contributed by atoms with Crippen molar-refractivity contribution in [3.63, 3.8) is 0 Å². The maximum absolute atomic E-state index is 12.5. The number of nitrogens with zero attached hydrogens (tertiary/aromatic N) is 1. The van der Waals surface area contributed by atoms with Gasteiger partial charge in [0.05, 0.1) is 6.21 Å². The van der Waals surface area contributed by atoms with Gasteiger partial charge in [-0.05, 0) is 54.1 Å². The molecular weight excluding hydrogens is 402 g/mol. The van der Waals surface area contributed by atoms with Crippen LogP contribution in [0.25, 0.3) is 10.8 Å². The number of benzene rings is 4. The molecule has 3 N–H and O–H groups in total. The lowest BCUT2D eigenvalue weighted by atomic mass is 10.0. The van der Waals surface area contributed by atoms with Crippen LogP contribution in [0.5, 0.6) is 5.75 Å². The molecule has 0 spiro atoms. The van der Waals surface area contributed by atoms with Gasteiger partial charge in [-0.15, -0.1) is 0 Å². The number of fused-ring (bicyclic) bond motifs is 1. The molecule has 0 aliphatic carbocycles. The summed E-state index contributed by atoms with van der Waals surface area (Å²) in [6, 6.07) is 24.8. The molecule has 4 aromatic rings. The Bertz CT molecular complexity index is 1330. The number of aryl methyl sites for hydroxylation is 1. The maximum atomic E-state index is 12.5. The van der Waals surface area contributed by atoms with E-state index in [1.54, 1.807) is 42.5 Å². The smallest absolute Gasteiger partial charge is 0.271 e. The third-order valence-electron chi connectivity index (χ3n) is 5.00. The molecule has 0 aliphatic heterocycles. The van der Waals surface area contributed by atoms with Gasteiger partial charge in [-0.3, -0.25) is 9.59 Å². The monoisotopic (exact) mass is 423 g/mol. The molecular formula is C26H21N3O3. The van der Waals surface area contributed by atoms with E-state index in [0.717, 1.165) is 16.3 Å². The van der Waals surface area contributed by atoms with Crippen LogP contribution in [0, 0.1) is 6.92 Å². The molecule has 32 heavy (non-hydrogen) atoms. The van der Waals surface area contributed by atoms with Gasteiger partial charge in [-0.2, -0.15) is 5.10 Å². The summed E-state index contributed by atoms with van der Waals surface area (Å²) in [6.45, 7) is 1.95. The van der Waals surface area contributed by atoms with Crippen molar-refractivity contribution < 1.29 is 14.7 Å². The van der Waals surface area contributed by atoms with Gasteiger partial charge >= 0.3 is 0 Å². The summed E-state index contributed by atoms with van der Waals surface area (Å²) in [5, 5.41) is 18.8. The van der Waals surface area contributed by atoms with E-state index in [-0.39, 0.29) is 11.7 Å². The number of rotatable bonds is 5. The summed E-state index contributed by atoms with van der Waals surface area (Å²) < 4.78 is 0. The predicted octanol–water partition coefficient (Wildman–Crippen LogP) is 4.87. The number of hydrogen-bond acceptors (Lipinski definition) is 4. The van der Waals surface area contributed by atoms with Crippen molar-refractivity contribution in [1.29, 1.82) is 0 Å². The van der Waals surface area contributed by atoms with Crippen LogP contribution in [-0.2, 0) is 0 Å². The van der Waals surface area contributed by atoms with Crippen LogP contribution >= 0.6 is 0 Å². The molecule has 4 aromatic carbocycles. The molecule has 0 saturated heterocycles. The lowest BCUT2D eigenvalue weighted by Gasteiger charge is -2.08. The Kier molecular flexibility index (Phi) is 5.94. The normalized spacial score (nSPS) is 10.9. The summed E-state index contributed by atoms with van der Waals surface area (Å²) in [6.07, 6.45) is 1.42. The molecule has 6 nitrogen and oxygen atoms in total. The van der Waals surface area contributed by atoms with Crippen LogP contribution in [0.1, 0.15) is 31.8 Å². The molecule has 2 amide bonds. The largest absolute Gasteiger partial charge is 0.507 e. The number of carbonyl (C=O) groups excluding carboxylic acids is 2. The van der Waals surface area contributed by atoms with Crippen LogP contribution in [0.4, 0.5) is 5.69 Å². The molecule has 0 aromatic heterocycles. The van der Waals surface area contributed by atoms with Gasteiger partial charge in [-0.1, -0.05) is 54.1 Å². The fourth-order valence-corrected chi connectivity index (χ4v) is 3.29. The number of phenolic OH excluding ortho intramolecular Hbond substituents is 1. The van der Waals surface area contributed by atoms with E-state index in [9.17, 15) is 14.7 Å². The molecule has 0 atom stereocenters. The minimum absolute atomic E-state index is 0.0718. The topological polar surface area (TPSA) is 90.8 Å². The Morgan fingerprint density at radius 1 is 0.844 bits per heavy atom. The Balaban J connectivity index is 1.46. The lowest BCUT2D eigenvalue weighted by molar-refractivity contribution is 0.0953. The predicted molar refractivity (Wildman–Crippen MR) is 126 cm³/mol. The molecule has 158 valence electrons. The van der Waals surface area contributed by atoms with Gasteiger partial charge in [0.1, 0.15) is 5.75 Å². The Hall–Kier alpha value is -4.45. The highest BCUT2D eigenvalue weighted by atomic mass is 16.3. The molecule has 0 bridgehead atoms. The Morgan fingerprint density at radius 2 is 1.62 bits per heavy atom. The minimum Gasteiger partial charge on any atom is -0.507 e. The third kappa shape index (κ3) is 4.65. The molecule has 4 rings (SSSR count). The first-order valence-corrected chi connectivity index (χ1v) is 10.0. The van der Waals surface area contributed by atoms with E-state index < -0.39 is 5.91 Å². The Labute approximate surface area is 185 Å². The van der Waals surface area contributed by atoms with Gasteiger partial charge < -0.3 is 10.4 Å². The summed E-state index contributed by atoms with van der Waals surface area (Å²) in [5.41, 5.74) is 5.42. The van der Waals surface area contributed by atoms with E-state index in [0.29, 0.717) is 22.4 Å². The number of nitrogens with one attached hydrogen (secondary N) is 2. The second kappa shape index (κ2) is 9.14. The van der Waals surface area contributed by atoms with Crippen molar-refractivity contribution >= 4 is 34.5 Å². The lowest BCUT2D eigenvalue weighted by Crippen LogP contribution is -2.18. The fraction of sp³-hybridized carbons (Fsp3) is 0.0385. The van der Waals surface area contributed by atoms with Gasteiger partial charge in [0, 0.05) is 22.4 Å². The summed E-state index contributed by atoms with van der Waals surface area (Å²) in [4.78, 5) is 24.9. The number of carbonyl (C=O) groups is 2. The highest BCUT2D eigenvalue weighted by Crippen LogP contribution is 2.25. The average molecular weight is 423 g/mol. The zero-order chi connectivity index (χ0) is 22.5. The van der Waals surface area contributed by atoms with E-state index in [1.165, 1.54) is 6.21 Å². The van der Waals surface area contributed by atoms with Crippen molar-refractivity contribution in [3.8, 4) is 5.75 Å². The minimum atomic E-state index is -0.438. The quantitative estimate of drug-likeness (QED) is 0.316. The second-order valence-corrected chi connectivity index (χ2v) is 7.32. The number of phenols is 1. The second-order valence-electron chi connectivity index (χ2n) is 7.32. The number of aromatic hydroxyl groups is 1. The molecule has 0 fully saturated rings. The molecule has 0 radical (unpaired) electrons. The van der Waals surface area contributed by atoms with Gasteiger partial charge in [0.2, 0.25) is 0 Å². The van der Waals surface area contributed by atoms with Crippen LogP contribution in [0.2, 0.25) is 0 Å². The molecule has 0 saturated carbocycles. The number of amides is 2.